The van der Waals surface area contributed by atoms with Crippen molar-refractivity contribution in [2.24, 2.45) is 5.92 Å². The van der Waals surface area contributed by atoms with Gasteiger partial charge in [0.2, 0.25) is 5.91 Å². The maximum Gasteiger partial charge on any atom is 0.225 e. The zero-order valence-electron chi connectivity index (χ0n) is 7.91. The zero-order valence-corrected chi connectivity index (χ0v) is 7.91. The van der Waals surface area contributed by atoms with Crippen LogP contribution in [0, 0.1) is 5.92 Å². The number of aliphatic hydroxyl groups excluding tert-OH is 1. The third-order valence-corrected chi connectivity index (χ3v) is 3.18. The van der Waals surface area contributed by atoms with Gasteiger partial charge in [-0.3, -0.25) is 4.79 Å². The van der Waals surface area contributed by atoms with Crippen molar-refractivity contribution >= 4 is 5.91 Å². The summed E-state index contributed by atoms with van der Waals surface area (Å²) in [5.74, 6) is 0.555. The molecular weight excluding hydrogens is 166 g/mol. The van der Waals surface area contributed by atoms with Gasteiger partial charge in [0.05, 0.1) is 6.10 Å². The van der Waals surface area contributed by atoms with Crippen molar-refractivity contribution < 1.29 is 9.90 Å². The number of hydrogen-bond donors (Lipinski definition) is 1. The van der Waals surface area contributed by atoms with Crippen LogP contribution in [0.25, 0.3) is 0 Å². The highest BCUT2D eigenvalue weighted by Gasteiger charge is 2.31. The van der Waals surface area contributed by atoms with Gasteiger partial charge in [-0.15, -0.1) is 0 Å². The predicted octanol–water partition coefficient (Wildman–Crippen LogP) is 0.770. The van der Waals surface area contributed by atoms with Gasteiger partial charge in [-0.2, -0.15) is 0 Å². The van der Waals surface area contributed by atoms with Crippen LogP contribution in [-0.2, 0) is 4.79 Å². The molecule has 2 fully saturated rings. The summed E-state index contributed by atoms with van der Waals surface area (Å²) in [6.45, 7) is 1.33. The Bertz CT molecular complexity index is 199. The topological polar surface area (TPSA) is 40.5 Å². The van der Waals surface area contributed by atoms with E-state index >= 15 is 0 Å². The Labute approximate surface area is 78.7 Å². The molecule has 1 saturated carbocycles. The van der Waals surface area contributed by atoms with E-state index in [2.05, 4.69) is 0 Å². The van der Waals surface area contributed by atoms with Crippen LogP contribution in [0.5, 0.6) is 0 Å². The van der Waals surface area contributed by atoms with Crippen molar-refractivity contribution in [2.75, 3.05) is 13.1 Å². The number of nitrogens with zero attached hydrogens (tertiary/aromatic N) is 1. The van der Waals surface area contributed by atoms with Crippen LogP contribution < -0.4 is 0 Å². The van der Waals surface area contributed by atoms with Crippen molar-refractivity contribution in [3.8, 4) is 0 Å². The zero-order chi connectivity index (χ0) is 9.26. The lowest BCUT2D eigenvalue weighted by atomic mass is 10.1. The van der Waals surface area contributed by atoms with Crippen molar-refractivity contribution in [3.05, 3.63) is 0 Å². The summed E-state index contributed by atoms with van der Waals surface area (Å²) in [4.78, 5) is 13.6. The molecule has 1 atom stereocenters. The highest BCUT2D eigenvalue weighted by molar-refractivity contribution is 5.79. The van der Waals surface area contributed by atoms with Crippen LogP contribution in [0.15, 0.2) is 0 Å². The third kappa shape index (κ3) is 1.85. The number of hydrogen-bond acceptors (Lipinski definition) is 2. The van der Waals surface area contributed by atoms with Crippen molar-refractivity contribution in [2.45, 2.75) is 38.2 Å². The third-order valence-electron chi connectivity index (χ3n) is 3.18. The molecule has 1 aliphatic carbocycles. The molecule has 2 aliphatic rings. The summed E-state index contributed by atoms with van der Waals surface area (Å²) >= 11 is 0. The molecule has 0 radical (unpaired) electrons. The molecule has 74 valence electrons. The Kier molecular flexibility index (Phi) is 2.54. The van der Waals surface area contributed by atoms with Gasteiger partial charge >= 0.3 is 0 Å². The van der Waals surface area contributed by atoms with Crippen LogP contribution >= 0.6 is 0 Å². The van der Waals surface area contributed by atoms with Crippen LogP contribution in [0.1, 0.15) is 32.1 Å². The fourth-order valence-corrected chi connectivity index (χ4v) is 2.37. The number of amides is 1. The molecule has 0 aromatic heterocycles. The second kappa shape index (κ2) is 3.66. The Balaban J connectivity index is 1.89. The van der Waals surface area contributed by atoms with Gasteiger partial charge in [0.1, 0.15) is 0 Å². The van der Waals surface area contributed by atoms with Crippen molar-refractivity contribution in [1.29, 1.82) is 0 Å². The van der Waals surface area contributed by atoms with Crippen molar-refractivity contribution in [1.82, 2.24) is 4.90 Å². The molecule has 0 unspecified atom stereocenters. The highest BCUT2D eigenvalue weighted by atomic mass is 16.3. The minimum absolute atomic E-state index is 0.269. The smallest absolute Gasteiger partial charge is 0.225 e. The Morgan fingerprint density at radius 1 is 1.23 bits per heavy atom. The van der Waals surface area contributed by atoms with E-state index in [1.807, 2.05) is 4.90 Å². The van der Waals surface area contributed by atoms with E-state index in [-0.39, 0.29) is 17.9 Å². The van der Waals surface area contributed by atoms with Crippen molar-refractivity contribution in [3.63, 3.8) is 0 Å². The molecule has 0 spiro atoms. The molecule has 1 N–H and O–H groups in total. The second-order valence-electron chi connectivity index (χ2n) is 4.21. The number of carbonyl (C=O) groups is 1. The molecule has 13 heavy (non-hydrogen) atoms. The number of β-amino-alcohol motifs (C(OH)–C–C–N with tert-alkyl or cyclic N) is 1. The monoisotopic (exact) mass is 183 g/mol. The van der Waals surface area contributed by atoms with Gasteiger partial charge in [-0.25, -0.2) is 0 Å². The normalized spacial score (nSPS) is 29.9. The average molecular weight is 183 g/mol. The first-order valence-corrected chi connectivity index (χ1v) is 5.24. The standard InChI is InChI=1S/C10H17NO2/c12-9-5-6-11(7-9)10(13)8-3-1-2-4-8/h8-9,12H,1-7H2/t9-/m1/s1. The lowest BCUT2D eigenvalue weighted by Crippen LogP contribution is -2.33. The van der Waals surface area contributed by atoms with Crippen LogP contribution in [-0.4, -0.2) is 35.1 Å². The minimum Gasteiger partial charge on any atom is -0.391 e. The summed E-state index contributed by atoms with van der Waals surface area (Å²) in [7, 11) is 0. The highest BCUT2D eigenvalue weighted by Crippen LogP contribution is 2.27. The van der Waals surface area contributed by atoms with E-state index in [0.29, 0.717) is 6.54 Å². The van der Waals surface area contributed by atoms with Crippen LogP contribution in [0.2, 0.25) is 0 Å². The number of rotatable bonds is 1. The van der Waals surface area contributed by atoms with E-state index in [1.165, 1.54) is 12.8 Å². The van der Waals surface area contributed by atoms with Gasteiger partial charge in [-0.05, 0) is 19.3 Å². The summed E-state index contributed by atoms with van der Waals surface area (Å²) < 4.78 is 0. The number of aliphatic hydroxyl groups is 1. The van der Waals surface area contributed by atoms with E-state index in [1.54, 1.807) is 0 Å². The first kappa shape index (κ1) is 9.00. The molecular formula is C10H17NO2. The first-order chi connectivity index (χ1) is 6.27. The quantitative estimate of drug-likeness (QED) is 0.652. The molecule has 2 rings (SSSR count). The fourth-order valence-electron chi connectivity index (χ4n) is 2.37. The summed E-state index contributed by atoms with van der Waals surface area (Å²) in [6.07, 6.45) is 5.01. The Morgan fingerprint density at radius 2 is 1.92 bits per heavy atom. The summed E-state index contributed by atoms with van der Waals surface area (Å²) in [6, 6.07) is 0. The number of carbonyl (C=O) groups excluding carboxylic acids is 1. The molecule has 0 bridgehead atoms. The predicted molar refractivity (Wildman–Crippen MR) is 49.2 cm³/mol. The molecule has 1 aliphatic heterocycles. The molecule has 3 nitrogen and oxygen atoms in total. The van der Waals surface area contributed by atoms with Gasteiger partial charge in [0.15, 0.2) is 0 Å². The summed E-state index contributed by atoms with van der Waals surface area (Å²) in [5.41, 5.74) is 0. The molecule has 1 amide bonds. The molecule has 0 aromatic rings. The average Bonchev–Trinajstić information content (AvgIpc) is 2.72. The fraction of sp³-hybridized carbons (Fsp3) is 0.900. The minimum atomic E-state index is -0.273. The first-order valence-electron chi connectivity index (χ1n) is 5.24. The van der Waals surface area contributed by atoms with Gasteiger partial charge < -0.3 is 10.0 Å². The maximum absolute atomic E-state index is 11.8. The molecule has 0 aromatic carbocycles. The summed E-state index contributed by atoms with van der Waals surface area (Å²) in [5, 5.41) is 9.30. The SMILES string of the molecule is O=C(C1CCCC1)N1CC[C@@H](O)C1. The largest absolute Gasteiger partial charge is 0.391 e. The maximum atomic E-state index is 11.8. The van der Waals surface area contributed by atoms with E-state index in [0.717, 1.165) is 25.8 Å². The van der Waals surface area contributed by atoms with E-state index < -0.39 is 0 Å². The second-order valence-corrected chi connectivity index (χ2v) is 4.21. The van der Waals surface area contributed by atoms with Gasteiger partial charge in [0, 0.05) is 19.0 Å². The number of likely N-dealkylation sites (tertiary alicyclic amines) is 1. The van der Waals surface area contributed by atoms with Crippen LogP contribution in [0.4, 0.5) is 0 Å². The Morgan fingerprint density at radius 3 is 2.46 bits per heavy atom. The van der Waals surface area contributed by atoms with E-state index in [4.69, 9.17) is 0 Å². The molecule has 1 saturated heterocycles. The molecule has 3 heteroatoms. The Hall–Kier alpha value is -0.570. The van der Waals surface area contributed by atoms with Gasteiger partial charge in [-0.1, -0.05) is 12.8 Å². The lowest BCUT2D eigenvalue weighted by molar-refractivity contribution is -0.134. The van der Waals surface area contributed by atoms with E-state index in [9.17, 15) is 9.90 Å². The van der Waals surface area contributed by atoms with Gasteiger partial charge in [0.25, 0.3) is 0 Å². The van der Waals surface area contributed by atoms with Crippen LogP contribution in [0.3, 0.4) is 0 Å². The molecule has 1 heterocycles. The lowest BCUT2D eigenvalue weighted by Gasteiger charge is -2.19.